The molecule has 0 atom stereocenters. The molecule has 1 amide bonds. The van der Waals surface area contributed by atoms with Gasteiger partial charge >= 0.3 is 6.18 Å². The second-order valence-corrected chi connectivity index (χ2v) is 10.3. The lowest BCUT2D eigenvalue weighted by atomic mass is 9.86. The van der Waals surface area contributed by atoms with E-state index in [-0.39, 0.29) is 11.7 Å². The molecular formula is C18H25F3N2O3S. The predicted molar refractivity (Wildman–Crippen MR) is 97.6 cm³/mol. The fraction of sp³-hybridized carbons (Fsp3) is 0.611. The third-order valence-corrected chi connectivity index (χ3v) is 6.97. The van der Waals surface area contributed by atoms with Crippen molar-refractivity contribution in [3.63, 3.8) is 0 Å². The lowest BCUT2D eigenvalue weighted by Crippen LogP contribution is -2.46. The summed E-state index contributed by atoms with van der Waals surface area (Å²) in [5.41, 5.74) is -1.14. The van der Waals surface area contributed by atoms with E-state index in [4.69, 9.17) is 0 Å². The number of anilines is 1. The van der Waals surface area contributed by atoms with Crippen molar-refractivity contribution >= 4 is 21.6 Å². The fourth-order valence-corrected chi connectivity index (χ4v) is 3.97. The van der Waals surface area contributed by atoms with Crippen LogP contribution in [-0.4, -0.2) is 25.1 Å². The van der Waals surface area contributed by atoms with Crippen LogP contribution in [0.1, 0.15) is 52.0 Å². The monoisotopic (exact) mass is 406 g/mol. The zero-order valence-corrected chi connectivity index (χ0v) is 16.4. The molecule has 1 saturated carbocycles. The minimum absolute atomic E-state index is 0.259. The maximum atomic E-state index is 13.0. The molecule has 0 saturated heterocycles. The zero-order chi connectivity index (χ0) is 20.5. The maximum absolute atomic E-state index is 13.0. The number of benzene rings is 1. The summed E-state index contributed by atoms with van der Waals surface area (Å²) in [7, 11) is -3.48. The highest BCUT2D eigenvalue weighted by atomic mass is 32.2. The minimum Gasteiger partial charge on any atom is -0.325 e. The van der Waals surface area contributed by atoms with Crippen LogP contribution in [0.5, 0.6) is 0 Å². The molecule has 0 bridgehead atoms. The number of carbonyl (C=O) groups is 1. The first kappa shape index (κ1) is 21.7. The Balaban J connectivity index is 1.97. The quantitative estimate of drug-likeness (QED) is 0.796. The molecule has 5 nitrogen and oxygen atoms in total. The number of rotatable bonds is 4. The summed E-state index contributed by atoms with van der Waals surface area (Å²) in [5, 5.41) is 2.38. The number of alkyl halides is 3. The van der Waals surface area contributed by atoms with E-state index in [2.05, 4.69) is 10.0 Å². The van der Waals surface area contributed by atoms with Crippen molar-refractivity contribution in [1.29, 1.82) is 0 Å². The molecule has 9 heteroatoms. The molecule has 27 heavy (non-hydrogen) atoms. The van der Waals surface area contributed by atoms with Gasteiger partial charge in [-0.25, -0.2) is 13.1 Å². The molecule has 1 aromatic carbocycles. The van der Waals surface area contributed by atoms with Crippen LogP contribution in [0.25, 0.3) is 0 Å². The van der Waals surface area contributed by atoms with Gasteiger partial charge in [0.2, 0.25) is 15.9 Å². The standard InChI is InChI=1S/C18H25F3N2O3S/c1-17(2,3)27(25,26)23-13-10-8-12(9-11-13)16(24)22-15-7-5-4-6-14(15)18(19,20)21/h4-7,12-13,23H,8-11H2,1-3H3,(H,22,24). The van der Waals surface area contributed by atoms with E-state index >= 15 is 0 Å². The first-order chi connectivity index (χ1) is 12.3. The van der Waals surface area contributed by atoms with Crippen molar-refractivity contribution in [3.8, 4) is 0 Å². The Morgan fingerprint density at radius 3 is 2.11 bits per heavy atom. The van der Waals surface area contributed by atoms with Gasteiger partial charge in [0.15, 0.2) is 0 Å². The summed E-state index contributed by atoms with van der Waals surface area (Å²) in [6.07, 6.45) is -2.79. The van der Waals surface area contributed by atoms with Gasteiger partial charge in [-0.3, -0.25) is 4.79 Å². The van der Waals surface area contributed by atoms with Crippen molar-refractivity contribution in [2.75, 3.05) is 5.32 Å². The molecule has 2 rings (SSSR count). The lowest BCUT2D eigenvalue weighted by molar-refractivity contribution is -0.137. The van der Waals surface area contributed by atoms with Gasteiger partial charge < -0.3 is 5.32 Å². The SMILES string of the molecule is CC(C)(C)S(=O)(=O)NC1CCC(C(=O)Nc2ccccc2C(F)(F)F)CC1. The number of hydrogen-bond donors (Lipinski definition) is 2. The molecule has 1 aliphatic rings. The Morgan fingerprint density at radius 1 is 1.04 bits per heavy atom. The molecule has 0 spiro atoms. The number of nitrogens with one attached hydrogen (secondary N) is 2. The molecule has 0 aliphatic heterocycles. The van der Waals surface area contributed by atoms with Crippen LogP contribution in [0.4, 0.5) is 18.9 Å². The van der Waals surface area contributed by atoms with E-state index in [1.54, 1.807) is 20.8 Å². The van der Waals surface area contributed by atoms with Gasteiger partial charge in [0, 0.05) is 12.0 Å². The average molecular weight is 406 g/mol. The van der Waals surface area contributed by atoms with Crippen molar-refractivity contribution in [2.24, 2.45) is 5.92 Å². The van der Waals surface area contributed by atoms with Gasteiger partial charge in [-0.15, -0.1) is 0 Å². The first-order valence-electron chi connectivity index (χ1n) is 8.80. The minimum atomic E-state index is -4.55. The summed E-state index contributed by atoms with van der Waals surface area (Å²) in [6.45, 7) is 4.81. The topological polar surface area (TPSA) is 75.3 Å². The third kappa shape index (κ3) is 5.44. The molecular weight excluding hydrogens is 381 g/mol. The largest absolute Gasteiger partial charge is 0.418 e. The van der Waals surface area contributed by atoms with Crippen LogP contribution < -0.4 is 10.0 Å². The third-order valence-electron chi connectivity index (χ3n) is 4.72. The summed E-state index contributed by atoms with van der Waals surface area (Å²) in [6, 6.07) is 4.59. The van der Waals surface area contributed by atoms with E-state index in [0.717, 1.165) is 6.07 Å². The van der Waals surface area contributed by atoms with Crippen LogP contribution in [0.3, 0.4) is 0 Å². The van der Waals surface area contributed by atoms with Gasteiger partial charge in [-0.2, -0.15) is 13.2 Å². The zero-order valence-electron chi connectivity index (χ0n) is 15.6. The van der Waals surface area contributed by atoms with E-state index in [0.29, 0.717) is 25.7 Å². The van der Waals surface area contributed by atoms with Crippen molar-refractivity contribution in [2.45, 2.75) is 63.4 Å². The first-order valence-corrected chi connectivity index (χ1v) is 10.3. The number of sulfonamides is 1. The van der Waals surface area contributed by atoms with Crippen LogP contribution >= 0.6 is 0 Å². The maximum Gasteiger partial charge on any atom is 0.418 e. The van der Waals surface area contributed by atoms with Gasteiger partial charge in [-0.1, -0.05) is 12.1 Å². The molecule has 0 radical (unpaired) electrons. The molecule has 0 heterocycles. The smallest absolute Gasteiger partial charge is 0.325 e. The number of hydrogen-bond acceptors (Lipinski definition) is 3. The van der Waals surface area contributed by atoms with Crippen LogP contribution in [0.15, 0.2) is 24.3 Å². The van der Waals surface area contributed by atoms with Gasteiger partial charge in [0.05, 0.1) is 16.0 Å². The Labute approximate surface area is 157 Å². The Morgan fingerprint density at radius 2 is 1.59 bits per heavy atom. The summed E-state index contributed by atoms with van der Waals surface area (Å²) in [4.78, 5) is 12.4. The molecule has 1 fully saturated rings. The number of para-hydroxylation sites is 1. The van der Waals surface area contributed by atoms with E-state index < -0.39 is 38.3 Å². The van der Waals surface area contributed by atoms with Crippen molar-refractivity contribution in [1.82, 2.24) is 4.72 Å². The van der Waals surface area contributed by atoms with E-state index in [1.165, 1.54) is 18.2 Å². The van der Waals surface area contributed by atoms with Crippen molar-refractivity contribution in [3.05, 3.63) is 29.8 Å². The second kappa shape index (κ2) is 7.79. The number of halogens is 3. The highest BCUT2D eigenvalue weighted by Gasteiger charge is 2.36. The van der Waals surface area contributed by atoms with Crippen LogP contribution in [-0.2, 0) is 21.0 Å². The summed E-state index contributed by atoms with van der Waals surface area (Å²) < 4.78 is 65.2. The van der Waals surface area contributed by atoms with E-state index in [9.17, 15) is 26.4 Å². The molecule has 1 aliphatic carbocycles. The number of amides is 1. The molecule has 152 valence electrons. The van der Waals surface area contributed by atoms with Gasteiger partial charge in [-0.05, 0) is 58.6 Å². The summed E-state index contributed by atoms with van der Waals surface area (Å²) >= 11 is 0. The fourth-order valence-electron chi connectivity index (χ4n) is 2.94. The summed E-state index contributed by atoms with van der Waals surface area (Å²) in [5.74, 6) is -0.912. The van der Waals surface area contributed by atoms with E-state index in [1.807, 2.05) is 0 Å². The Hall–Kier alpha value is -1.61. The van der Waals surface area contributed by atoms with Gasteiger partial charge in [0.25, 0.3) is 0 Å². The highest BCUT2D eigenvalue weighted by molar-refractivity contribution is 7.90. The van der Waals surface area contributed by atoms with Gasteiger partial charge in [0.1, 0.15) is 0 Å². The molecule has 0 aromatic heterocycles. The average Bonchev–Trinajstić information content (AvgIpc) is 2.53. The predicted octanol–water partition coefficient (Wildman–Crippen LogP) is 3.92. The molecule has 2 N–H and O–H groups in total. The highest BCUT2D eigenvalue weighted by Crippen LogP contribution is 2.35. The van der Waals surface area contributed by atoms with Crippen LogP contribution in [0.2, 0.25) is 0 Å². The lowest BCUT2D eigenvalue weighted by Gasteiger charge is -2.31. The molecule has 1 aromatic rings. The van der Waals surface area contributed by atoms with Crippen LogP contribution in [0, 0.1) is 5.92 Å². The second-order valence-electron chi connectivity index (χ2n) is 7.81. The number of carbonyl (C=O) groups excluding carboxylic acids is 1. The van der Waals surface area contributed by atoms with Crippen molar-refractivity contribution < 1.29 is 26.4 Å². The molecule has 0 unspecified atom stereocenters. The normalized spacial score (nSPS) is 21.7. The Kier molecular flexibility index (Phi) is 6.26. The Bertz CT molecular complexity index is 778.